The van der Waals surface area contributed by atoms with E-state index in [4.69, 9.17) is 0 Å². The molecular weight excluding hydrogens is 427 g/mol. The van der Waals surface area contributed by atoms with E-state index < -0.39 is 23.9 Å². The molecule has 0 saturated heterocycles. The van der Waals surface area contributed by atoms with Crippen molar-refractivity contribution in [1.29, 1.82) is 0 Å². The summed E-state index contributed by atoms with van der Waals surface area (Å²) in [5.74, 6) is -0.865. The summed E-state index contributed by atoms with van der Waals surface area (Å²) in [5.41, 5.74) is 1.79. The van der Waals surface area contributed by atoms with E-state index in [-0.39, 0.29) is 11.6 Å². The molecule has 2 N–H and O–H groups in total. The maximum absolute atomic E-state index is 14.7. The molecule has 0 spiro atoms. The fourth-order valence-electron chi connectivity index (χ4n) is 3.66. The Morgan fingerprint density at radius 1 is 1.12 bits per heavy atom. The first-order valence-corrected chi connectivity index (χ1v) is 11.1. The van der Waals surface area contributed by atoms with Crippen LogP contribution in [0.25, 0.3) is 0 Å². The predicted molar refractivity (Wildman–Crippen MR) is 125 cm³/mol. The average molecular weight is 451 g/mol. The molecule has 8 heteroatoms. The van der Waals surface area contributed by atoms with Crippen molar-refractivity contribution in [3.8, 4) is 0 Å². The van der Waals surface area contributed by atoms with E-state index in [0.717, 1.165) is 4.88 Å². The van der Waals surface area contributed by atoms with Crippen molar-refractivity contribution >= 4 is 34.7 Å². The summed E-state index contributed by atoms with van der Waals surface area (Å²) in [6, 6.07) is 16.7. The quantitative estimate of drug-likeness (QED) is 0.618. The first-order chi connectivity index (χ1) is 15.4. The topological polar surface area (TPSA) is 73.8 Å². The number of nitrogens with one attached hydrogen (secondary N) is 2. The van der Waals surface area contributed by atoms with Gasteiger partial charge in [-0.05, 0) is 36.6 Å². The SMILES string of the molecule is CC(Cc1cccs1)NC(=O)NC1N=C(c2ccccc2F)c2ccccc2N(C)C1=O. The molecule has 4 rings (SSSR count). The minimum absolute atomic E-state index is 0.139. The van der Waals surface area contributed by atoms with Crippen molar-refractivity contribution in [1.82, 2.24) is 10.6 Å². The lowest BCUT2D eigenvalue weighted by atomic mass is 10.00. The number of benzene rings is 2. The molecule has 32 heavy (non-hydrogen) atoms. The molecule has 0 bridgehead atoms. The van der Waals surface area contributed by atoms with Crippen molar-refractivity contribution in [2.75, 3.05) is 11.9 Å². The number of likely N-dealkylation sites (N-methyl/N-ethyl adjacent to an activating group) is 1. The highest BCUT2D eigenvalue weighted by molar-refractivity contribution is 7.09. The molecule has 2 heterocycles. The lowest BCUT2D eigenvalue weighted by molar-refractivity contribution is -0.119. The highest BCUT2D eigenvalue weighted by atomic mass is 32.1. The summed E-state index contributed by atoms with van der Waals surface area (Å²) in [6.07, 6.45) is -0.519. The fraction of sp³-hybridized carbons (Fsp3) is 0.208. The number of benzodiazepines with no additional fused rings is 1. The molecular formula is C24H23FN4O2S. The Bertz CT molecular complexity index is 1160. The van der Waals surface area contributed by atoms with Gasteiger partial charge in [-0.3, -0.25) is 4.79 Å². The molecule has 1 aromatic heterocycles. The van der Waals surface area contributed by atoms with Crippen molar-refractivity contribution < 1.29 is 14.0 Å². The number of fused-ring (bicyclic) bond motifs is 1. The number of aliphatic imine (C=N–C) groups is 1. The van der Waals surface area contributed by atoms with Gasteiger partial charge in [-0.25, -0.2) is 14.2 Å². The van der Waals surface area contributed by atoms with E-state index in [0.29, 0.717) is 23.4 Å². The van der Waals surface area contributed by atoms with Gasteiger partial charge in [-0.2, -0.15) is 0 Å². The van der Waals surface area contributed by atoms with E-state index in [2.05, 4.69) is 15.6 Å². The summed E-state index contributed by atoms with van der Waals surface area (Å²) >= 11 is 1.62. The Morgan fingerprint density at radius 3 is 2.56 bits per heavy atom. The fourth-order valence-corrected chi connectivity index (χ4v) is 4.49. The summed E-state index contributed by atoms with van der Waals surface area (Å²) in [6.45, 7) is 1.89. The Balaban J connectivity index is 1.63. The highest BCUT2D eigenvalue weighted by Crippen LogP contribution is 2.28. The predicted octanol–water partition coefficient (Wildman–Crippen LogP) is 3.96. The van der Waals surface area contributed by atoms with Crippen LogP contribution in [0.15, 0.2) is 71.0 Å². The van der Waals surface area contributed by atoms with Gasteiger partial charge in [0, 0.05) is 35.5 Å². The van der Waals surface area contributed by atoms with Gasteiger partial charge in [-0.15, -0.1) is 11.3 Å². The smallest absolute Gasteiger partial charge is 0.317 e. The van der Waals surface area contributed by atoms with Crippen LogP contribution in [-0.2, 0) is 11.2 Å². The first kappa shape index (κ1) is 21.7. The van der Waals surface area contributed by atoms with Crippen LogP contribution in [0.1, 0.15) is 22.9 Å². The second-order valence-corrected chi connectivity index (χ2v) is 8.61. The minimum atomic E-state index is -1.20. The third-order valence-electron chi connectivity index (χ3n) is 5.20. The van der Waals surface area contributed by atoms with E-state index in [1.54, 1.807) is 60.8 Å². The standard InChI is InChI=1S/C24H23FN4O2S/c1-15(14-16-8-7-13-32-16)26-24(31)28-22-23(30)29(2)20-12-6-4-10-18(20)21(27-22)17-9-3-5-11-19(17)25/h3-13,15,22H,14H2,1-2H3,(H2,26,28,31). The van der Waals surface area contributed by atoms with Crippen LogP contribution >= 0.6 is 11.3 Å². The third kappa shape index (κ3) is 4.55. The molecule has 164 valence electrons. The number of anilines is 1. The molecule has 0 saturated carbocycles. The molecule has 2 aromatic carbocycles. The zero-order valence-corrected chi connectivity index (χ0v) is 18.5. The number of thiophene rings is 1. The van der Waals surface area contributed by atoms with Gasteiger partial charge in [0.05, 0.1) is 11.4 Å². The van der Waals surface area contributed by atoms with E-state index in [9.17, 15) is 14.0 Å². The lowest BCUT2D eigenvalue weighted by Crippen LogP contribution is -2.51. The van der Waals surface area contributed by atoms with Gasteiger partial charge in [0.15, 0.2) is 0 Å². The highest BCUT2D eigenvalue weighted by Gasteiger charge is 2.31. The molecule has 3 aromatic rings. The summed E-state index contributed by atoms with van der Waals surface area (Å²) in [7, 11) is 1.62. The van der Waals surface area contributed by atoms with Crippen LogP contribution in [0.2, 0.25) is 0 Å². The second kappa shape index (κ2) is 9.32. The molecule has 2 atom stereocenters. The van der Waals surface area contributed by atoms with Gasteiger partial charge in [0.25, 0.3) is 5.91 Å². The van der Waals surface area contributed by atoms with Crippen molar-refractivity contribution in [3.05, 3.63) is 87.9 Å². The summed E-state index contributed by atoms with van der Waals surface area (Å²) < 4.78 is 14.7. The summed E-state index contributed by atoms with van der Waals surface area (Å²) in [4.78, 5) is 32.9. The molecule has 0 aliphatic carbocycles. The van der Waals surface area contributed by atoms with Gasteiger partial charge in [0.1, 0.15) is 5.82 Å². The molecule has 0 fully saturated rings. The zero-order chi connectivity index (χ0) is 22.7. The molecule has 1 aliphatic heterocycles. The molecule has 6 nitrogen and oxygen atoms in total. The van der Waals surface area contributed by atoms with Crippen LogP contribution in [0, 0.1) is 5.82 Å². The minimum Gasteiger partial charge on any atom is -0.335 e. The Kier molecular flexibility index (Phi) is 6.32. The van der Waals surface area contributed by atoms with Gasteiger partial charge < -0.3 is 15.5 Å². The Labute approximate surface area is 189 Å². The molecule has 0 radical (unpaired) electrons. The third-order valence-corrected chi connectivity index (χ3v) is 6.10. The van der Waals surface area contributed by atoms with Gasteiger partial charge in [-0.1, -0.05) is 36.4 Å². The number of carbonyl (C=O) groups excluding carboxylic acids is 2. The Morgan fingerprint density at radius 2 is 1.84 bits per heavy atom. The first-order valence-electron chi connectivity index (χ1n) is 10.2. The number of carbonyl (C=O) groups is 2. The average Bonchev–Trinajstić information content (AvgIpc) is 3.26. The van der Waals surface area contributed by atoms with Crippen LogP contribution in [-0.4, -0.2) is 36.9 Å². The molecule has 1 aliphatic rings. The zero-order valence-electron chi connectivity index (χ0n) is 17.7. The number of rotatable bonds is 5. The van der Waals surface area contributed by atoms with E-state index >= 15 is 0 Å². The maximum atomic E-state index is 14.7. The maximum Gasteiger partial charge on any atom is 0.317 e. The number of nitrogens with zero attached hydrogens (tertiary/aromatic N) is 2. The van der Waals surface area contributed by atoms with Crippen LogP contribution < -0.4 is 15.5 Å². The number of urea groups is 1. The normalized spacial score (nSPS) is 16.6. The largest absolute Gasteiger partial charge is 0.335 e. The number of hydrogen-bond acceptors (Lipinski definition) is 4. The van der Waals surface area contributed by atoms with Gasteiger partial charge in [0.2, 0.25) is 6.17 Å². The van der Waals surface area contributed by atoms with Crippen LogP contribution in [0.5, 0.6) is 0 Å². The van der Waals surface area contributed by atoms with Crippen molar-refractivity contribution in [2.24, 2.45) is 4.99 Å². The lowest BCUT2D eigenvalue weighted by Gasteiger charge is -2.21. The van der Waals surface area contributed by atoms with Crippen molar-refractivity contribution in [2.45, 2.75) is 25.6 Å². The molecule has 2 unspecified atom stereocenters. The van der Waals surface area contributed by atoms with Gasteiger partial charge >= 0.3 is 6.03 Å². The number of halogens is 1. The van der Waals surface area contributed by atoms with Crippen molar-refractivity contribution in [3.63, 3.8) is 0 Å². The van der Waals surface area contributed by atoms with Crippen LogP contribution in [0.4, 0.5) is 14.9 Å². The number of amides is 3. The monoisotopic (exact) mass is 450 g/mol. The Hall–Kier alpha value is -3.52. The van der Waals surface area contributed by atoms with E-state index in [1.807, 2.05) is 24.4 Å². The van der Waals surface area contributed by atoms with Crippen LogP contribution in [0.3, 0.4) is 0 Å². The van der Waals surface area contributed by atoms with E-state index in [1.165, 1.54) is 11.0 Å². The molecule has 3 amide bonds. The number of hydrogen-bond donors (Lipinski definition) is 2. The second-order valence-electron chi connectivity index (χ2n) is 7.58. The number of para-hydroxylation sites is 1. The summed E-state index contributed by atoms with van der Waals surface area (Å²) in [5, 5.41) is 7.49.